The molecule has 1 N–H and O–H groups in total. The molecule has 59 heavy (non-hydrogen) atoms. The first-order chi connectivity index (χ1) is 27.6. The molecule has 2 heterocycles. The fourth-order valence-electron chi connectivity index (χ4n) is 7.52. The summed E-state index contributed by atoms with van der Waals surface area (Å²) in [5.74, 6) is -4.53. The zero-order valence-corrected chi connectivity index (χ0v) is 33.1. The molecular weight excluding hydrogens is 776 g/mol. The van der Waals surface area contributed by atoms with Crippen molar-refractivity contribution in [3.63, 3.8) is 0 Å². The van der Waals surface area contributed by atoms with Crippen LogP contribution in [0.4, 0.5) is 37.7 Å². The number of amides is 5. The molecule has 0 aromatic heterocycles. The van der Waals surface area contributed by atoms with Crippen LogP contribution in [-0.2, 0) is 15.6 Å². The lowest BCUT2D eigenvalue weighted by Gasteiger charge is -2.38. The van der Waals surface area contributed by atoms with Crippen LogP contribution in [0.5, 0.6) is 0 Å². The van der Waals surface area contributed by atoms with Crippen molar-refractivity contribution in [2.45, 2.75) is 89.5 Å². The zero-order chi connectivity index (χ0) is 43.5. The summed E-state index contributed by atoms with van der Waals surface area (Å²) in [6, 6.07) is 16.4. The Morgan fingerprint density at radius 2 is 1.05 bits per heavy atom. The summed E-state index contributed by atoms with van der Waals surface area (Å²) in [6.07, 6.45) is -7.74. The van der Waals surface area contributed by atoms with E-state index in [2.05, 4.69) is 26.1 Å². The van der Waals surface area contributed by atoms with Crippen molar-refractivity contribution in [3.05, 3.63) is 136 Å². The molecule has 6 rings (SSSR count). The molecule has 5 amide bonds. The highest BCUT2D eigenvalue weighted by molar-refractivity contribution is 6.34. The Morgan fingerprint density at radius 3 is 1.54 bits per heavy atom. The predicted octanol–water partition coefficient (Wildman–Crippen LogP) is 10.4. The predicted molar refractivity (Wildman–Crippen MR) is 210 cm³/mol. The van der Waals surface area contributed by atoms with E-state index in [1.54, 1.807) is 26.8 Å². The van der Waals surface area contributed by atoms with Gasteiger partial charge in [-0.15, -0.1) is 0 Å². The summed E-state index contributed by atoms with van der Waals surface area (Å²) in [5.41, 5.74) is -8.61. The van der Waals surface area contributed by atoms with Gasteiger partial charge in [0, 0.05) is 17.3 Å². The Balaban J connectivity index is 1.29. The minimum atomic E-state index is -6.10. The van der Waals surface area contributed by atoms with Gasteiger partial charge in [-0.25, -0.2) is 4.90 Å². The van der Waals surface area contributed by atoms with Crippen LogP contribution in [0.2, 0.25) is 0 Å². The fraction of sp³-hybridized carbons (Fsp3) is 0.311. The van der Waals surface area contributed by atoms with Crippen LogP contribution < -0.4 is 10.2 Å². The van der Waals surface area contributed by atoms with E-state index in [9.17, 15) is 24.0 Å². The first kappa shape index (κ1) is 42.6. The number of hydrogen-bond donors (Lipinski definition) is 1. The summed E-state index contributed by atoms with van der Waals surface area (Å²) in [7, 11) is 0. The molecule has 0 saturated heterocycles. The molecular formula is C45H41F6N3O5. The standard InChI is InChI=1S/C45H41F6N3O5/c1-7-41(4,5)27-13-10-26(11-14-27)12-23-36(55)52-30-17-19-31(20-18-30)53-37(56)32-21-15-28(24-34(32)38(53)57)43(44(46,47)48,45(49,50)51)29-16-22-33-35(25-29)40(59)54(39(33)58)42(6,8-2)9-3/h10-25H,7-9H2,1-6H3,(H,52,55)/b23-12+. The average Bonchev–Trinajstić information content (AvgIpc) is 3.59. The van der Waals surface area contributed by atoms with Gasteiger partial charge in [0.25, 0.3) is 23.6 Å². The third-order valence-electron chi connectivity index (χ3n) is 11.9. The fourth-order valence-corrected chi connectivity index (χ4v) is 7.52. The Morgan fingerprint density at radius 1 is 0.593 bits per heavy atom. The van der Waals surface area contributed by atoms with Gasteiger partial charge < -0.3 is 5.32 Å². The molecule has 4 aromatic carbocycles. The summed E-state index contributed by atoms with van der Waals surface area (Å²) in [5, 5.41) is 2.65. The highest BCUT2D eigenvalue weighted by Crippen LogP contribution is 2.57. The van der Waals surface area contributed by atoms with Crippen LogP contribution in [0.25, 0.3) is 6.08 Å². The largest absolute Gasteiger partial charge is 0.411 e. The Kier molecular flexibility index (Phi) is 10.8. The highest BCUT2D eigenvalue weighted by Gasteiger charge is 2.73. The number of hydrogen-bond acceptors (Lipinski definition) is 5. The number of imide groups is 2. The van der Waals surface area contributed by atoms with Gasteiger partial charge in [0.15, 0.2) is 0 Å². The molecule has 2 aliphatic rings. The van der Waals surface area contributed by atoms with Crippen LogP contribution in [0.3, 0.4) is 0 Å². The molecule has 0 aliphatic carbocycles. The van der Waals surface area contributed by atoms with Gasteiger partial charge in [0.2, 0.25) is 11.3 Å². The normalized spacial score (nSPS) is 15.1. The number of fused-ring (bicyclic) bond motifs is 2. The number of halogens is 6. The SMILES string of the molecule is CCC(C)(C)c1ccc(/C=C/C(=O)Nc2ccc(N3C(=O)c4ccc(C(c5ccc6c(c5)C(=O)N(C(C)(CC)CC)C6=O)(C(F)(F)F)C(F)(F)F)cc4C3=O)cc2)cc1. The van der Waals surface area contributed by atoms with Gasteiger partial charge >= 0.3 is 12.4 Å². The summed E-state index contributed by atoms with van der Waals surface area (Å²) in [4.78, 5) is 68.1. The molecule has 0 fully saturated rings. The second-order valence-electron chi connectivity index (χ2n) is 15.6. The smallest absolute Gasteiger partial charge is 0.323 e. The zero-order valence-electron chi connectivity index (χ0n) is 33.1. The van der Waals surface area contributed by atoms with E-state index in [4.69, 9.17) is 0 Å². The third-order valence-corrected chi connectivity index (χ3v) is 11.9. The van der Waals surface area contributed by atoms with Crippen molar-refractivity contribution < 1.29 is 50.3 Å². The molecule has 8 nitrogen and oxygen atoms in total. The van der Waals surface area contributed by atoms with Crippen molar-refractivity contribution in [1.29, 1.82) is 0 Å². The molecule has 2 aliphatic heterocycles. The van der Waals surface area contributed by atoms with Crippen LogP contribution in [0.15, 0.2) is 91.0 Å². The quantitative estimate of drug-likeness (QED) is 0.0922. The number of carbonyl (C=O) groups excluding carboxylic acids is 5. The minimum Gasteiger partial charge on any atom is -0.323 e. The Hall–Kier alpha value is -6.05. The third kappa shape index (κ3) is 7.01. The van der Waals surface area contributed by atoms with Crippen molar-refractivity contribution >= 4 is 47.0 Å². The molecule has 0 unspecified atom stereocenters. The van der Waals surface area contributed by atoms with Crippen molar-refractivity contribution in [3.8, 4) is 0 Å². The van der Waals surface area contributed by atoms with Crippen molar-refractivity contribution in [1.82, 2.24) is 4.90 Å². The number of rotatable bonds is 11. The maximum absolute atomic E-state index is 15.3. The van der Waals surface area contributed by atoms with Gasteiger partial charge in [-0.1, -0.05) is 71.0 Å². The van der Waals surface area contributed by atoms with E-state index in [0.717, 1.165) is 34.6 Å². The first-order valence-electron chi connectivity index (χ1n) is 19.0. The molecule has 0 radical (unpaired) electrons. The van der Waals surface area contributed by atoms with E-state index in [0.29, 0.717) is 29.2 Å². The molecule has 14 heteroatoms. The van der Waals surface area contributed by atoms with Crippen LogP contribution in [-0.4, -0.2) is 52.3 Å². The van der Waals surface area contributed by atoms with Crippen molar-refractivity contribution in [2.75, 3.05) is 10.2 Å². The lowest BCUT2D eigenvalue weighted by molar-refractivity contribution is -0.288. The van der Waals surface area contributed by atoms with E-state index in [1.807, 2.05) is 24.3 Å². The van der Waals surface area contributed by atoms with E-state index < -0.39 is 80.7 Å². The number of alkyl halides is 6. The van der Waals surface area contributed by atoms with Crippen LogP contribution in [0.1, 0.15) is 124 Å². The molecule has 0 saturated carbocycles. The number of anilines is 2. The topological polar surface area (TPSA) is 104 Å². The van der Waals surface area contributed by atoms with E-state index in [-0.39, 0.29) is 35.2 Å². The van der Waals surface area contributed by atoms with E-state index in [1.165, 1.54) is 30.3 Å². The Bertz CT molecular complexity index is 2380. The molecule has 308 valence electrons. The molecule has 0 atom stereocenters. The van der Waals surface area contributed by atoms with Gasteiger partial charge in [0.1, 0.15) is 0 Å². The highest BCUT2D eigenvalue weighted by atomic mass is 19.4. The summed E-state index contributed by atoms with van der Waals surface area (Å²) < 4.78 is 91.6. The minimum absolute atomic E-state index is 0.000477. The lowest BCUT2D eigenvalue weighted by Crippen LogP contribution is -2.55. The number of carbonyl (C=O) groups is 5. The first-order valence-corrected chi connectivity index (χ1v) is 19.0. The number of nitrogens with zero attached hydrogens (tertiary/aromatic N) is 2. The van der Waals surface area contributed by atoms with Gasteiger partial charge in [0.05, 0.1) is 27.9 Å². The van der Waals surface area contributed by atoms with Crippen LogP contribution >= 0.6 is 0 Å². The van der Waals surface area contributed by atoms with Gasteiger partial charge in [-0.05, 0) is 108 Å². The van der Waals surface area contributed by atoms with Gasteiger partial charge in [-0.3, -0.25) is 28.9 Å². The number of nitrogens with one attached hydrogen (secondary N) is 1. The number of benzene rings is 4. The molecule has 0 bridgehead atoms. The maximum atomic E-state index is 15.3. The lowest BCUT2D eigenvalue weighted by atomic mass is 9.71. The monoisotopic (exact) mass is 817 g/mol. The van der Waals surface area contributed by atoms with Gasteiger partial charge in [-0.2, -0.15) is 26.3 Å². The maximum Gasteiger partial charge on any atom is 0.411 e. The summed E-state index contributed by atoms with van der Waals surface area (Å²) >= 11 is 0. The second-order valence-corrected chi connectivity index (χ2v) is 15.6. The Labute approximate surface area is 336 Å². The average molecular weight is 818 g/mol. The van der Waals surface area contributed by atoms with E-state index >= 15 is 26.3 Å². The second kappa shape index (κ2) is 15.0. The molecule has 0 spiro atoms. The summed E-state index contributed by atoms with van der Waals surface area (Å²) in [6.45, 7) is 11.4. The molecule has 4 aromatic rings. The van der Waals surface area contributed by atoms with Crippen LogP contribution in [0, 0.1) is 0 Å². The van der Waals surface area contributed by atoms with Crippen molar-refractivity contribution in [2.24, 2.45) is 0 Å².